The van der Waals surface area contributed by atoms with Crippen LogP contribution in [0, 0.1) is 0 Å². The number of nitrogens with one attached hydrogen (secondary N) is 1. The van der Waals surface area contributed by atoms with Crippen LogP contribution in [0.4, 0.5) is 0 Å². The molecule has 0 bridgehead atoms. The Kier molecular flexibility index (Phi) is 5.26. The summed E-state index contributed by atoms with van der Waals surface area (Å²) in [6.45, 7) is 2.75. The molecule has 1 amide bonds. The fourth-order valence-corrected chi connectivity index (χ4v) is 3.20. The molecule has 2 aromatic rings. The topological polar surface area (TPSA) is 45.2 Å². The Labute approximate surface area is 141 Å². The molecule has 3 rings (SSSR count). The smallest absolute Gasteiger partial charge is 0.251 e. The van der Waals surface area contributed by atoms with Crippen molar-refractivity contribution in [1.82, 2.24) is 15.2 Å². The number of benzene rings is 1. The number of amides is 1. The number of aromatic nitrogens is 1. The third kappa shape index (κ3) is 4.09. The van der Waals surface area contributed by atoms with Gasteiger partial charge in [-0.25, -0.2) is 4.98 Å². The number of pyridine rings is 1. The maximum absolute atomic E-state index is 12.3. The van der Waals surface area contributed by atoms with Gasteiger partial charge in [-0.2, -0.15) is 0 Å². The average molecular weight is 330 g/mol. The van der Waals surface area contributed by atoms with Crippen molar-refractivity contribution in [2.24, 2.45) is 0 Å². The van der Waals surface area contributed by atoms with E-state index in [0.717, 1.165) is 13.1 Å². The summed E-state index contributed by atoms with van der Waals surface area (Å²) in [6, 6.07) is 13.8. The van der Waals surface area contributed by atoms with E-state index in [1.165, 1.54) is 18.4 Å². The zero-order valence-corrected chi connectivity index (χ0v) is 13.7. The van der Waals surface area contributed by atoms with Gasteiger partial charge in [-0.05, 0) is 43.6 Å². The highest BCUT2D eigenvalue weighted by atomic mass is 35.5. The van der Waals surface area contributed by atoms with Crippen molar-refractivity contribution in [2.45, 2.75) is 18.9 Å². The second-order valence-electron chi connectivity index (χ2n) is 5.75. The van der Waals surface area contributed by atoms with Gasteiger partial charge < -0.3 is 5.32 Å². The van der Waals surface area contributed by atoms with Crippen molar-refractivity contribution in [2.75, 3.05) is 19.6 Å². The Morgan fingerprint density at radius 2 is 1.96 bits per heavy atom. The molecule has 1 unspecified atom stereocenters. The first kappa shape index (κ1) is 16.0. The fraction of sp³-hybridized carbons (Fsp3) is 0.333. The second-order valence-corrected chi connectivity index (χ2v) is 6.13. The van der Waals surface area contributed by atoms with Gasteiger partial charge in [0.25, 0.3) is 5.91 Å². The summed E-state index contributed by atoms with van der Waals surface area (Å²) in [6.07, 6.45) is 3.99. The first-order valence-corrected chi connectivity index (χ1v) is 8.30. The minimum Gasteiger partial charge on any atom is -0.350 e. The molecule has 1 aromatic carbocycles. The highest BCUT2D eigenvalue weighted by Gasteiger charge is 2.23. The van der Waals surface area contributed by atoms with Crippen molar-refractivity contribution in [3.63, 3.8) is 0 Å². The first-order valence-electron chi connectivity index (χ1n) is 7.93. The van der Waals surface area contributed by atoms with Crippen LogP contribution in [0.5, 0.6) is 0 Å². The standard InChI is InChI=1S/C18H20ClN3O/c19-17-12-15(8-9-20-17)18(23)21-13-16(22-10-4-5-11-22)14-6-2-1-3-7-14/h1-3,6-9,12,16H,4-5,10-11,13H2,(H,21,23). The molecule has 1 saturated heterocycles. The molecule has 23 heavy (non-hydrogen) atoms. The molecule has 1 N–H and O–H groups in total. The molecule has 0 saturated carbocycles. The van der Waals surface area contributed by atoms with Crippen LogP contribution >= 0.6 is 11.6 Å². The van der Waals surface area contributed by atoms with Gasteiger partial charge in [-0.1, -0.05) is 41.9 Å². The van der Waals surface area contributed by atoms with Gasteiger partial charge in [0, 0.05) is 18.3 Å². The number of carbonyl (C=O) groups excluding carboxylic acids is 1. The Morgan fingerprint density at radius 3 is 2.65 bits per heavy atom. The molecule has 2 heterocycles. The number of rotatable bonds is 5. The summed E-state index contributed by atoms with van der Waals surface area (Å²) in [5.74, 6) is -0.116. The molecule has 1 fully saturated rings. The van der Waals surface area contributed by atoms with E-state index in [1.54, 1.807) is 18.3 Å². The van der Waals surface area contributed by atoms with Crippen LogP contribution in [0.2, 0.25) is 5.15 Å². The zero-order chi connectivity index (χ0) is 16.1. The third-order valence-electron chi connectivity index (χ3n) is 4.21. The molecule has 120 valence electrons. The maximum Gasteiger partial charge on any atom is 0.251 e. The van der Waals surface area contributed by atoms with Gasteiger partial charge in [0.1, 0.15) is 5.15 Å². The van der Waals surface area contributed by atoms with Gasteiger partial charge >= 0.3 is 0 Å². The van der Waals surface area contributed by atoms with E-state index in [1.807, 2.05) is 18.2 Å². The predicted molar refractivity (Wildman–Crippen MR) is 91.6 cm³/mol. The Hall–Kier alpha value is -1.91. The van der Waals surface area contributed by atoms with Crippen molar-refractivity contribution >= 4 is 17.5 Å². The average Bonchev–Trinajstić information content (AvgIpc) is 3.10. The predicted octanol–water partition coefficient (Wildman–Crippen LogP) is 3.30. The van der Waals surface area contributed by atoms with Gasteiger partial charge in [-0.3, -0.25) is 9.69 Å². The SMILES string of the molecule is O=C(NCC(c1ccccc1)N1CCCC1)c1ccnc(Cl)c1. The number of nitrogens with zero attached hydrogens (tertiary/aromatic N) is 2. The highest BCUT2D eigenvalue weighted by molar-refractivity contribution is 6.29. The van der Waals surface area contributed by atoms with Crippen molar-refractivity contribution in [3.8, 4) is 0 Å². The minimum atomic E-state index is -0.116. The molecule has 1 aliphatic rings. The quantitative estimate of drug-likeness (QED) is 0.856. The summed E-state index contributed by atoms with van der Waals surface area (Å²) in [4.78, 5) is 18.7. The lowest BCUT2D eigenvalue weighted by molar-refractivity contribution is 0.0938. The molecule has 1 aromatic heterocycles. The molecule has 5 heteroatoms. The zero-order valence-electron chi connectivity index (χ0n) is 12.9. The lowest BCUT2D eigenvalue weighted by Gasteiger charge is -2.28. The summed E-state index contributed by atoms with van der Waals surface area (Å²) in [5.41, 5.74) is 1.78. The third-order valence-corrected chi connectivity index (χ3v) is 4.42. The molecule has 1 aliphatic heterocycles. The summed E-state index contributed by atoms with van der Waals surface area (Å²) in [7, 11) is 0. The van der Waals surface area contributed by atoms with Crippen LogP contribution in [0.1, 0.15) is 34.8 Å². The van der Waals surface area contributed by atoms with Crippen molar-refractivity contribution in [1.29, 1.82) is 0 Å². The molecular formula is C18H20ClN3O. The van der Waals surface area contributed by atoms with E-state index >= 15 is 0 Å². The van der Waals surface area contributed by atoms with E-state index < -0.39 is 0 Å². The molecule has 0 spiro atoms. The summed E-state index contributed by atoms with van der Waals surface area (Å²) < 4.78 is 0. The van der Waals surface area contributed by atoms with Crippen LogP contribution in [0.3, 0.4) is 0 Å². The lowest BCUT2D eigenvalue weighted by Crippen LogP contribution is -2.36. The van der Waals surface area contributed by atoms with Crippen LogP contribution in [-0.2, 0) is 0 Å². The molecular weight excluding hydrogens is 310 g/mol. The van der Waals surface area contributed by atoms with Gasteiger partial charge in [-0.15, -0.1) is 0 Å². The molecule has 4 nitrogen and oxygen atoms in total. The number of halogens is 1. The second kappa shape index (κ2) is 7.57. The monoisotopic (exact) mass is 329 g/mol. The van der Waals surface area contributed by atoms with E-state index in [-0.39, 0.29) is 11.9 Å². The van der Waals surface area contributed by atoms with Crippen LogP contribution in [0.15, 0.2) is 48.7 Å². The Balaban J connectivity index is 1.70. The van der Waals surface area contributed by atoms with Gasteiger partial charge in [0.15, 0.2) is 0 Å². The van der Waals surface area contributed by atoms with Crippen LogP contribution < -0.4 is 5.32 Å². The van der Waals surface area contributed by atoms with Crippen LogP contribution in [-0.4, -0.2) is 35.4 Å². The number of carbonyl (C=O) groups is 1. The number of hydrogen-bond donors (Lipinski definition) is 1. The first-order chi connectivity index (χ1) is 11.2. The molecule has 1 atom stereocenters. The van der Waals surface area contributed by atoms with Crippen molar-refractivity contribution in [3.05, 3.63) is 64.9 Å². The fourth-order valence-electron chi connectivity index (χ4n) is 3.02. The van der Waals surface area contributed by atoms with Crippen molar-refractivity contribution < 1.29 is 4.79 Å². The van der Waals surface area contributed by atoms with E-state index in [0.29, 0.717) is 17.3 Å². The van der Waals surface area contributed by atoms with E-state index in [2.05, 4.69) is 27.3 Å². The van der Waals surface area contributed by atoms with Gasteiger partial charge in [0.2, 0.25) is 0 Å². The molecule has 0 aliphatic carbocycles. The largest absolute Gasteiger partial charge is 0.350 e. The Bertz CT molecular complexity index is 656. The normalized spacial score (nSPS) is 16.2. The highest BCUT2D eigenvalue weighted by Crippen LogP contribution is 2.24. The van der Waals surface area contributed by atoms with E-state index in [9.17, 15) is 4.79 Å². The summed E-state index contributed by atoms with van der Waals surface area (Å²) in [5, 5.41) is 3.36. The number of likely N-dealkylation sites (tertiary alicyclic amines) is 1. The lowest BCUT2D eigenvalue weighted by atomic mass is 10.1. The Morgan fingerprint density at radius 1 is 1.22 bits per heavy atom. The number of hydrogen-bond acceptors (Lipinski definition) is 3. The summed E-state index contributed by atoms with van der Waals surface area (Å²) >= 11 is 5.85. The van der Waals surface area contributed by atoms with E-state index in [4.69, 9.17) is 11.6 Å². The van der Waals surface area contributed by atoms with Crippen LogP contribution in [0.25, 0.3) is 0 Å². The minimum absolute atomic E-state index is 0.116. The van der Waals surface area contributed by atoms with Gasteiger partial charge in [0.05, 0.1) is 6.04 Å². The maximum atomic E-state index is 12.3. The molecule has 0 radical (unpaired) electrons.